The summed E-state index contributed by atoms with van der Waals surface area (Å²) in [7, 11) is 0. The number of hydrogen-bond donors (Lipinski definition) is 3. The molecule has 1 amide bonds. The molecular weight excluding hydrogens is 378 g/mol. The molecule has 2 rings (SSSR count). The highest BCUT2D eigenvalue weighted by Crippen LogP contribution is 2.28. The van der Waals surface area contributed by atoms with E-state index in [4.69, 9.17) is 16.3 Å². The first kappa shape index (κ1) is 20.4. The van der Waals surface area contributed by atoms with E-state index in [-0.39, 0.29) is 22.1 Å². The molecule has 0 saturated heterocycles. The average Bonchev–Trinajstić information content (AvgIpc) is 2.88. The quantitative estimate of drug-likeness (QED) is 0.391. The summed E-state index contributed by atoms with van der Waals surface area (Å²) >= 11 is 5.71. The van der Waals surface area contributed by atoms with E-state index in [2.05, 4.69) is 10.3 Å². The predicted molar refractivity (Wildman–Crippen MR) is 97.9 cm³/mol. The molecule has 1 heterocycles. The lowest BCUT2D eigenvalue weighted by Gasteiger charge is -2.08. The number of aromatic nitrogens is 1. The maximum atomic E-state index is 12.2. The van der Waals surface area contributed by atoms with Crippen LogP contribution in [0.3, 0.4) is 0 Å². The third-order valence-electron chi connectivity index (χ3n) is 3.88. The standard InChI is InChI=1S/C17H18ClN3O6/c1-8-15(10(3)22)9(2)19-16(8)17(24)27-7-14(23)20-12-5-4-11(18)6-13(12)21(25)26/h4-6,10,19,22H,7H2,1-3H3,(H,20,23). The minimum atomic E-state index is -0.775. The van der Waals surface area contributed by atoms with Crippen LogP contribution in [0.25, 0.3) is 0 Å². The molecule has 9 nitrogen and oxygen atoms in total. The third kappa shape index (κ3) is 4.63. The van der Waals surface area contributed by atoms with Gasteiger partial charge in [0.1, 0.15) is 11.4 Å². The molecule has 2 aromatic rings. The Labute approximate surface area is 159 Å². The number of aliphatic hydroxyl groups excluding tert-OH is 1. The van der Waals surface area contributed by atoms with Crippen LogP contribution >= 0.6 is 11.6 Å². The fourth-order valence-electron chi connectivity index (χ4n) is 2.75. The number of halogens is 1. The summed E-state index contributed by atoms with van der Waals surface area (Å²) in [5.41, 5.74) is 1.43. The van der Waals surface area contributed by atoms with Crippen LogP contribution in [0.15, 0.2) is 18.2 Å². The van der Waals surface area contributed by atoms with Gasteiger partial charge in [-0.1, -0.05) is 11.6 Å². The van der Waals surface area contributed by atoms with Crippen molar-refractivity contribution >= 4 is 34.9 Å². The van der Waals surface area contributed by atoms with Crippen LogP contribution in [0.1, 0.15) is 40.3 Å². The monoisotopic (exact) mass is 395 g/mol. The minimum absolute atomic E-state index is 0.0614. The normalized spacial score (nSPS) is 11.7. The van der Waals surface area contributed by atoms with E-state index in [0.717, 1.165) is 6.07 Å². The number of H-pyrrole nitrogens is 1. The van der Waals surface area contributed by atoms with Crippen molar-refractivity contribution in [3.05, 3.63) is 55.9 Å². The highest BCUT2D eigenvalue weighted by atomic mass is 35.5. The van der Waals surface area contributed by atoms with E-state index >= 15 is 0 Å². The molecule has 0 radical (unpaired) electrons. The maximum absolute atomic E-state index is 12.2. The van der Waals surface area contributed by atoms with E-state index in [9.17, 15) is 24.8 Å². The van der Waals surface area contributed by atoms with Gasteiger partial charge in [-0.15, -0.1) is 0 Å². The van der Waals surface area contributed by atoms with Gasteiger partial charge in [0.15, 0.2) is 6.61 Å². The van der Waals surface area contributed by atoms with Crippen molar-refractivity contribution in [3.8, 4) is 0 Å². The number of nitrogens with zero attached hydrogens (tertiary/aromatic N) is 1. The number of aliphatic hydroxyl groups is 1. The number of nitrogens with one attached hydrogen (secondary N) is 2. The van der Waals surface area contributed by atoms with Crippen molar-refractivity contribution in [2.45, 2.75) is 26.9 Å². The summed E-state index contributed by atoms with van der Waals surface area (Å²) in [6.45, 7) is 4.29. The van der Waals surface area contributed by atoms with Gasteiger partial charge in [0, 0.05) is 22.3 Å². The van der Waals surface area contributed by atoms with Crippen molar-refractivity contribution in [1.29, 1.82) is 0 Å². The lowest BCUT2D eigenvalue weighted by molar-refractivity contribution is -0.383. The van der Waals surface area contributed by atoms with Gasteiger partial charge in [0.05, 0.1) is 11.0 Å². The van der Waals surface area contributed by atoms with Gasteiger partial charge in [-0.2, -0.15) is 0 Å². The van der Waals surface area contributed by atoms with E-state index in [1.54, 1.807) is 20.8 Å². The molecule has 1 unspecified atom stereocenters. The number of esters is 1. The smallest absolute Gasteiger partial charge is 0.355 e. The zero-order valence-corrected chi connectivity index (χ0v) is 15.6. The van der Waals surface area contributed by atoms with Crippen LogP contribution in [-0.4, -0.2) is 33.5 Å². The Morgan fingerprint density at radius 3 is 2.63 bits per heavy atom. The van der Waals surface area contributed by atoms with E-state index in [0.29, 0.717) is 16.8 Å². The fourth-order valence-corrected chi connectivity index (χ4v) is 2.91. The third-order valence-corrected chi connectivity index (χ3v) is 4.12. The number of aryl methyl sites for hydroxylation is 1. The molecule has 10 heteroatoms. The molecule has 0 spiro atoms. The summed E-state index contributed by atoms with van der Waals surface area (Å²) in [6, 6.07) is 3.78. The average molecular weight is 396 g/mol. The first-order valence-corrected chi connectivity index (χ1v) is 8.27. The van der Waals surface area contributed by atoms with Gasteiger partial charge in [0.25, 0.3) is 11.6 Å². The number of ether oxygens (including phenoxy) is 1. The molecule has 3 N–H and O–H groups in total. The van der Waals surface area contributed by atoms with Gasteiger partial charge in [-0.05, 0) is 38.5 Å². The van der Waals surface area contributed by atoms with Crippen molar-refractivity contribution < 1.29 is 24.4 Å². The number of carbonyl (C=O) groups is 2. The summed E-state index contributed by atoms with van der Waals surface area (Å²) < 4.78 is 4.96. The zero-order valence-electron chi connectivity index (χ0n) is 14.8. The number of anilines is 1. The fraction of sp³-hybridized carbons (Fsp3) is 0.294. The largest absolute Gasteiger partial charge is 0.451 e. The topological polar surface area (TPSA) is 135 Å². The Morgan fingerprint density at radius 2 is 2.07 bits per heavy atom. The number of amides is 1. The van der Waals surface area contributed by atoms with Gasteiger partial charge < -0.3 is 20.1 Å². The van der Waals surface area contributed by atoms with Crippen molar-refractivity contribution in [3.63, 3.8) is 0 Å². The van der Waals surface area contributed by atoms with Crippen LogP contribution in [0.4, 0.5) is 11.4 Å². The number of nitro benzene ring substituents is 1. The molecule has 0 bridgehead atoms. The second-order valence-electron chi connectivity index (χ2n) is 5.88. The second-order valence-corrected chi connectivity index (χ2v) is 6.32. The van der Waals surface area contributed by atoms with Gasteiger partial charge in [0.2, 0.25) is 0 Å². The lowest BCUT2D eigenvalue weighted by atomic mass is 10.1. The van der Waals surface area contributed by atoms with Crippen LogP contribution in [0, 0.1) is 24.0 Å². The van der Waals surface area contributed by atoms with Crippen molar-refractivity contribution in [1.82, 2.24) is 4.98 Å². The number of rotatable bonds is 6. The molecule has 1 aromatic heterocycles. The Balaban J connectivity index is 2.06. The number of benzene rings is 1. The summed E-state index contributed by atoms with van der Waals surface area (Å²) in [4.78, 5) is 37.3. The number of aromatic amines is 1. The minimum Gasteiger partial charge on any atom is -0.451 e. The van der Waals surface area contributed by atoms with Crippen molar-refractivity contribution in [2.75, 3.05) is 11.9 Å². The second kappa shape index (κ2) is 8.19. The summed E-state index contributed by atoms with van der Waals surface area (Å²) in [5.74, 6) is -1.52. The molecule has 0 saturated carbocycles. The first-order valence-electron chi connectivity index (χ1n) is 7.89. The molecular formula is C17H18ClN3O6. The summed E-state index contributed by atoms with van der Waals surface area (Å²) in [6.07, 6.45) is -0.767. The molecule has 0 aliphatic rings. The Bertz CT molecular complexity index is 906. The molecule has 0 aliphatic heterocycles. The molecule has 1 aromatic carbocycles. The SMILES string of the molecule is Cc1[nH]c(C(=O)OCC(=O)Nc2ccc(Cl)cc2[N+](=O)[O-])c(C)c1C(C)O. The zero-order chi connectivity index (χ0) is 20.3. The van der Waals surface area contributed by atoms with Crippen LogP contribution in [-0.2, 0) is 9.53 Å². The van der Waals surface area contributed by atoms with Crippen molar-refractivity contribution in [2.24, 2.45) is 0 Å². The molecule has 1 atom stereocenters. The van der Waals surface area contributed by atoms with Crippen LogP contribution < -0.4 is 5.32 Å². The molecule has 144 valence electrons. The summed E-state index contributed by atoms with van der Waals surface area (Å²) in [5, 5.41) is 23.2. The van der Waals surface area contributed by atoms with Crippen LogP contribution in [0.5, 0.6) is 0 Å². The first-order chi connectivity index (χ1) is 12.6. The Hall–Kier alpha value is -2.91. The van der Waals surface area contributed by atoms with Gasteiger partial charge in [-0.25, -0.2) is 4.79 Å². The number of carbonyl (C=O) groups excluding carboxylic acids is 2. The van der Waals surface area contributed by atoms with E-state index in [1.165, 1.54) is 12.1 Å². The maximum Gasteiger partial charge on any atom is 0.355 e. The van der Waals surface area contributed by atoms with E-state index < -0.39 is 29.5 Å². The Kier molecular flexibility index (Phi) is 6.19. The highest BCUT2D eigenvalue weighted by Gasteiger charge is 2.22. The van der Waals surface area contributed by atoms with E-state index in [1.807, 2.05) is 0 Å². The number of hydrogen-bond acceptors (Lipinski definition) is 6. The molecule has 0 aliphatic carbocycles. The molecule has 27 heavy (non-hydrogen) atoms. The lowest BCUT2D eigenvalue weighted by Crippen LogP contribution is -2.21. The molecule has 0 fully saturated rings. The Morgan fingerprint density at radius 1 is 1.41 bits per heavy atom. The van der Waals surface area contributed by atoms with Gasteiger partial charge >= 0.3 is 5.97 Å². The van der Waals surface area contributed by atoms with Crippen LogP contribution in [0.2, 0.25) is 5.02 Å². The predicted octanol–water partition coefficient (Wildman–Crippen LogP) is 3.04. The number of nitro groups is 1. The van der Waals surface area contributed by atoms with Gasteiger partial charge in [-0.3, -0.25) is 14.9 Å². The highest BCUT2D eigenvalue weighted by molar-refractivity contribution is 6.31.